The van der Waals surface area contributed by atoms with Gasteiger partial charge in [-0.25, -0.2) is 0 Å². The van der Waals surface area contributed by atoms with Crippen LogP contribution in [0.2, 0.25) is 0 Å². The molecule has 5 nitrogen and oxygen atoms in total. The van der Waals surface area contributed by atoms with Gasteiger partial charge in [-0.1, -0.05) is 30.3 Å². The van der Waals surface area contributed by atoms with Crippen LogP contribution < -0.4 is 10.6 Å². The van der Waals surface area contributed by atoms with E-state index in [9.17, 15) is 4.79 Å². The summed E-state index contributed by atoms with van der Waals surface area (Å²) in [5.74, 6) is 0.347. The first-order valence-corrected chi connectivity index (χ1v) is 9.12. The number of ether oxygens (including phenoxy) is 1. The van der Waals surface area contributed by atoms with E-state index in [0.29, 0.717) is 12.6 Å². The third-order valence-corrected chi connectivity index (χ3v) is 5.13. The molecule has 3 rings (SSSR count). The highest BCUT2D eigenvalue weighted by molar-refractivity contribution is 5.85. The van der Waals surface area contributed by atoms with Crippen molar-refractivity contribution in [3.63, 3.8) is 0 Å². The number of carbonyl (C=O) groups excluding carboxylic acids is 1. The largest absolute Gasteiger partial charge is 0.379 e. The smallest absolute Gasteiger partial charge is 0.223 e. The molecular weight excluding hydrogens is 338 g/mol. The van der Waals surface area contributed by atoms with Gasteiger partial charge >= 0.3 is 0 Å². The van der Waals surface area contributed by atoms with Crippen LogP contribution in [-0.4, -0.2) is 56.2 Å². The highest BCUT2D eigenvalue weighted by Crippen LogP contribution is 2.22. The third kappa shape index (κ3) is 5.68. The van der Waals surface area contributed by atoms with Gasteiger partial charge in [0.05, 0.1) is 19.3 Å². The number of amides is 1. The average molecular weight is 368 g/mol. The summed E-state index contributed by atoms with van der Waals surface area (Å²) in [5, 5.41) is 6.63. The molecule has 0 aliphatic carbocycles. The molecule has 2 aliphatic rings. The molecule has 1 aromatic rings. The summed E-state index contributed by atoms with van der Waals surface area (Å²) >= 11 is 0. The fourth-order valence-electron chi connectivity index (χ4n) is 3.73. The highest BCUT2D eigenvalue weighted by atomic mass is 35.5. The van der Waals surface area contributed by atoms with Crippen LogP contribution in [0.5, 0.6) is 0 Å². The number of halogens is 1. The predicted octanol–water partition coefficient (Wildman–Crippen LogP) is 1.99. The number of carbonyl (C=O) groups is 1. The molecule has 1 unspecified atom stereocenters. The molecule has 2 fully saturated rings. The number of hydrogen-bond donors (Lipinski definition) is 2. The Kier molecular flexibility index (Phi) is 8.16. The SMILES string of the molecule is C[C@H]1C[C@@H](C(=O)NCC(c2ccccc2)N2CCOCC2)CCN1.Cl. The Balaban J connectivity index is 0.00000225. The molecule has 2 heterocycles. The quantitative estimate of drug-likeness (QED) is 0.835. The second-order valence-electron chi connectivity index (χ2n) is 6.90. The standard InChI is InChI=1S/C19H29N3O2.ClH/c1-15-13-17(7-8-20-15)19(23)21-14-18(16-5-3-2-4-6-16)22-9-11-24-12-10-22;/h2-6,15,17-18,20H,7-14H2,1H3,(H,21,23);1H/t15-,17-,18?;/m0./s1. The van der Waals surface area contributed by atoms with Gasteiger partial charge in [-0.3, -0.25) is 9.69 Å². The summed E-state index contributed by atoms with van der Waals surface area (Å²) in [6, 6.07) is 11.1. The fourth-order valence-corrected chi connectivity index (χ4v) is 3.73. The van der Waals surface area contributed by atoms with Crippen LogP contribution >= 0.6 is 12.4 Å². The zero-order chi connectivity index (χ0) is 16.8. The zero-order valence-corrected chi connectivity index (χ0v) is 15.8. The summed E-state index contributed by atoms with van der Waals surface area (Å²) in [4.78, 5) is 15.0. The lowest BCUT2D eigenvalue weighted by atomic mass is 9.92. The van der Waals surface area contributed by atoms with E-state index >= 15 is 0 Å². The monoisotopic (exact) mass is 367 g/mol. The molecule has 25 heavy (non-hydrogen) atoms. The number of nitrogens with zero attached hydrogens (tertiary/aromatic N) is 1. The number of piperidine rings is 1. The molecule has 140 valence electrons. The van der Waals surface area contributed by atoms with Crippen molar-refractivity contribution in [3.8, 4) is 0 Å². The lowest BCUT2D eigenvalue weighted by Gasteiger charge is -2.35. The van der Waals surface area contributed by atoms with Crippen molar-refractivity contribution < 1.29 is 9.53 Å². The molecule has 3 atom stereocenters. The van der Waals surface area contributed by atoms with Crippen molar-refractivity contribution in [1.82, 2.24) is 15.5 Å². The van der Waals surface area contributed by atoms with Gasteiger partial charge in [0.25, 0.3) is 0 Å². The minimum atomic E-state index is 0. The van der Waals surface area contributed by atoms with Gasteiger partial charge < -0.3 is 15.4 Å². The number of nitrogens with one attached hydrogen (secondary N) is 2. The van der Waals surface area contributed by atoms with Crippen LogP contribution in [-0.2, 0) is 9.53 Å². The number of hydrogen-bond acceptors (Lipinski definition) is 4. The topological polar surface area (TPSA) is 53.6 Å². The molecule has 0 spiro atoms. The maximum Gasteiger partial charge on any atom is 0.223 e. The van der Waals surface area contributed by atoms with Crippen LogP contribution in [0.1, 0.15) is 31.4 Å². The van der Waals surface area contributed by atoms with Gasteiger partial charge in [0.2, 0.25) is 5.91 Å². The third-order valence-electron chi connectivity index (χ3n) is 5.13. The molecule has 0 radical (unpaired) electrons. The zero-order valence-electron chi connectivity index (χ0n) is 14.9. The fraction of sp³-hybridized carbons (Fsp3) is 0.632. The van der Waals surface area contributed by atoms with Crippen LogP contribution in [0, 0.1) is 5.92 Å². The van der Waals surface area contributed by atoms with Gasteiger partial charge in [0.15, 0.2) is 0 Å². The van der Waals surface area contributed by atoms with E-state index < -0.39 is 0 Å². The van der Waals surface area contributed by atoms with Crippen LogP contribution in [0.4, 0.5) is 0 Å². The Hall–Kier alpha value is -1.14. The molecule has 1 amide bonds. The average Bonchev–Trinajstić information content (AvgIpc) is 2.63. The summed E-state index contributed by atoms with van der Waals surface area (Å²) < 4.78 is 5.48. The van der Waals surface area contributed by atoms with E-state index in [2.05, 4.69) is 46.7 Å². The highest BCUT2D eigenvalue weighted by Gasteiger charge is 2.27. The van der Waals surface area contributed by atoms with E-state index in [1.54, 1.807) is 0 Å². The first-order chi connectivity index (χ1) is 11.7. The van der Waals surface area contributed by atoms with Gasteiger partial charge in [0.1, 0.15) is 0 Å². The Bertz CT molecular complexity index is 523. The molecular formula is C19H30ClN3O2. The van der Waals surface area contributed by atoms with Crippen molar-refractivity contribution in [2.45, 2.75) is 31.8 Å². The van der Waals surface area contributed by atoms with E-state index in [1.165, 1.54) is 5.56 Å². The van der Waals surface area contributed by atoms with Gasteiger partial charge in [0, 0.05) is 31.6 Å². The van der Waals surface area contributed by atoms with Crippen LogP contribution in [0.15, 0.2) is 30.3 Å². The Morgan fingerprint density at radius 2 is 2.04 bits per heavy atom. The molecule has 0 bridgehead atoms. The molecule has 2 aliphatic heterocycles. The summed E-state index contributed by atoms with van der Waals surface area (Å²) in [5.41, 5.74) is 1.26. The Labute approximate surface area is 156 Å². The van der Waals surface area contributed by atoms with Crippen molar-refractivity contribution in [2.75, 3.05) is 39.4 Å². The van der Waals surface area contributed by atoms with Gasteiger partial charge in [-0.05, 0) is 31.9 Å². The first-order valence-electron chi connectivity index (χ1n) is 9.12. The second kappa shape index (κ2) is 10.1. The van der Waals surface area contributed by atoms with Crippen molar-refractivity contribution >= 4 is 18.3 Å². The van der Waals surface area contributed by atoms with Gasteiger partial charge in [-0.2, -0.15) is 0 Å². The van der Waals surface area contributed by atoms with Crippen molar-refractivity contribution in [2.24, 2.45) is 5.92 Å². The van der Waals surface area contributed by atoms with Gasteiger partial charge in [-0.15, -0.1) is 12.4 Å². The minimum Gasteiger partial charge on any atom is -0.379 e. The maximum absolute atomic E-state index is 12.6. The molecule has 1 aromatic carbocycles. The van der Waals surface area contributed by atoms with E-state index in [0.717, 1.165) is 45.7 Å². The van der Waals surface area contributed by atoms with Crippen LogP contribution in [0.3, 0.4) is 0 Å². The van der Waals surface area contributed by atoms with E-state index in [4.69, 9.17) is 4.74 Å². The maximum atomic E-state index is 12.6. The molecule has 2 N–H and O–H groups in total. The Morgan fingerprint density at radius 3 is 2.72 bits per heavy atom. The Morgan fingerprint density at radius 1 is 1.32 bits per heavy atom. The van der Waals surface area contributed by atoms with Crippen molar-refractivity contribution in [1.29, 1.82) is 0 Å². The summed E-state index contributed by atoms with van der Waals surface area (Å²) in [7, 11) is 0. The number of rotatable bonds is 5. The molecule has 2 saturated heterocycles. The molecule has 6 heteroatoms. The van der Waals surface area contributed by atoms with Crippen LogP contribution in [0.25, 0.3) is 0 Å². The second-order valence-corrected chi connectivity index (χ2v) is 6.90. The van der Waals surface area contributed by atoms with E-state index in [1.807, 2.05) is 6.07 Å². The lowest BCUT2D eigenvalue weighted by molar-refractivity contribution is -0.126. The van der Waals surface area contributed by atoms with Crippen molar-refractivity contribution in [3.05, 3.63) is 35.9 Å². The summed E-state index contributed by atoms with van der Waals surface area (Å²) in [6.07, 6.45) is 1.86. The molecule has 0 saturated carbocycles. The lowest BCUT2D eigenvalue weighted by Crippen LogP contribution is -2.46. The normalized spacial score (nSPS) is 25.6. The van der Waals surface area contributed by atoms with E-state index in [-0.39, 0.29) is 30.3 Å². The number of benzene rings is 1. The molecule has 0 aromatic heterocycles. The predicted molar refractivity (Wildman–Crippen MR) is 102 cm³/mol. The summed E-state index contributed by atoms with van der Waals surface area (Å²) in [6.45, 7) is 7.12. The number of morpholine rings is 1. The minimum absolute atomic E-state index is 0. The first kappa shape index (κ1) is 20.2.